The third-order valence-electron chi connectivity index (χ3n) is 3.56. The zero-order valence-electron chi connectivity index (χ0n) is 11.6. The summed E-state index contributed by atoms with van der Waals surface area (Å²) in [5.74, 6) is 0. The molecule has 0 aliphatic heterocycles. The Morgan fingerprint density at radius 1 is 1.17 bits per heavy atom. The molecule has 0 heterocycles. The Kier molecular flexibility index (Phi) is 5.21. The van der Waals surface area contributed by atoms with Crippen LogP contribution >= 0.6 is 0 Å². The van der Waals surface area contributed by atoms with Crippen LogP contribution in [-0.2, 0) is 11.3 Å². The van der Waals surface area contributed by atoms with Crippen LogP contribution in [0.1, 0.15) is 45.1 Å². The third kappa shape index (κ3) is 4.11. The lowest BCUT2D eigenvalue weighted by atomic mass is 9.92. The SMILES string of the molecule is CC(C)O[C@H]1CCCC[C@@H]1NCc1ccccc1. The Hall–Kier alpha value is -0.860. The standard InChI is InChI=1S/C16H25NO/c1-13(2)18-16-11-7-6-10-15(16)17-12-14-8-4-3-5-9-14/h3-5,8-9,13,15-17H,6-7,10-12H2,1-2H3/t15-,16-/m0/s1. The van der Waals surface area contributed by atoms with E-state index in [1.165, 1.54) is 31.2 Å². The number of nitrogens with one attached hydrogen (secondary N) is 1. The second-order valence-corrected chi connectivity index (χ2v) is 5.48. The predicted molar refractivity (Wildman–Crippen MR) is 75.5 cm³/mol. The van der Waals surface area contributed by atoms with Gasteiger partial charge in [0.15, 0.2) is 0 Å². The summed E-state index contributed by atoms with van der Waals surface area (Å²) < 4.78 is 6.03. The van der Waals surface area contributed by atoms with Crippen LogP contribution in [0.2, 0.25) is 0 Å². The molecule has 0 aromatic heterocycles. The van der Waals surface area contributed by atoms with E-state index in [1.807, 2.05) is 0 Å². The molecule has 1 aromatic rings. The fraction of sp³-hybridized carbons (Fsp3) is 0.625. The lowest BCUT2D eigenvalue weighted by Gasteiger charge is -2.33. The predicted octanol–water partition coefficient (Wildman–Crippen LogP) is 3.51. The molecule has 1 aliphatic rings. The first-order valence-electron chi connectivity index (χ1n) is 7.18. The minimum absolute atomic E-state index is 0.328. The molecule has 0 bridgehead atoms. The smallest absolute Gasteiger partial charge is 0.0731 e. The van der Waals surface area contributed by atoms with Crippen molar-refractivity contribution in [2.24, 2.45) is 0 Å². The highest BCUT2D eigenvalue weighted by molar-refractivity contribution is 5.14. The molecular weight excluding hydrogens is 222 g/mol. The molecule has 0 saturated heterocycles. The molecule has 2 atom stereocenters. The van der Waals surface area contributed by atoms with Gasteiger partial charge in [0.25, 0.3) is 0 Å². The lowest BCUT2D eigenvalue weighted by molar-refractivity contribution is -0.0312. The zero-order chi connectivity index (χ0) is 12.8. The van der Waals surface area contributed by atoms with Gasteiger partial charge in [-0.1, -0.05) is 43.2 Å². The Morgan fingerprint density at radius 3 is 2.61 bits per heavy atom. The van der Waals surface area contributed by atoms with Gasteiger partial charge in [-0.15, -0.1) is 0 Å². The molecule has 1 aromatic carbocycles. The molecule has 0 spiro atoms. The van der Waals surface area contributed by atoms with Crippen molar-refractivity contribution in [3.8, 4) is 0 Å². The van der Waals surface area contributed by atoms with Crippen molar-refractivity contribution in [3.63, 3.8) is 0 Å². The van der Waals surface area contributed by atoms with Crippen LogP contribution in [0.25, 0.3) is 0 Å². The van der Waals surface area contributed by atoms with Gasteiger partial charge in [0.05, 0.1) is 12.2 Å². The molecule has 100 valence electrons. The normalized spacial score (nSPS) is 24.4. The van der Waals surface area contributed by atoms with Crippen molar-refractivity contribution in [1.29, 1.82) is 0 Å². The maximum atomic E-state index is 6.03. The molecular formula is C16H25NO. The van der Waals surface area contributed by atoms with Gasteiger partial charge < -0.3 is 10.1 Å². The maximum Gasteiger partial charge on any atom is 0.0731 e. The number of hydrogen-bond donors (Lipinski definition) is 1. The van der Waals surface area contributed by atoms with Crippen LogP contribution in [-0.4, -0.2) is 18.2 Å². The van der Waals surface area contributed by atoms with E-state index in [0.717, 1.165) is 6.54 Å². The average Bonchev–Trinajstić information content (AvgIpc) is 2.38. The highest BCUT2D eigenvalue weighted by Crippen LogP contribution is 2.22. The second-order valence-electron chi connectivity index (χ2n) is 5.48. The molecule has 1 aliphatic carbocycles. The van der Waals surface area contributed by atoms with Crippen LogP contribution in [0.4, 0.5) is 0 Å². The fourth-order valence-electron chi connectivity index (χ4n) is 2.69. The van der Waals surface area contributed by atoms with Crippen LogP contribution in [0.15, 0.2) is 30.3 Å². The summed E-state index contributed by atoms with van der Waals surface area (Å²) >= 11 is 0. The van der Waals surface area contributed by atoms with Gasteiger partial charge in [-0.3, -0.25) is 0 Å². The summed E-state index contributed by atoms with van der Waals surface area (Å²) in [4.78, 5) is 0. The topological polar surface area (TPSA) is 21.3 Å². The molecule has 2 heteroatoms. The zero-order valence-corrected chi connectivity index (χ0v) is 11.6. The van der Waals surface area contributed by atoms with Crippen molar-refractivity contribution < 1.29 is 4.74 Å². The van der Waals surface area contributed by atoms with E-state index in [2.05, 4.69) is 49.5 Å². The van der Waals surface area contributed by atoms with E-state index < -0.39 is 0 Å². The molecule has 2 nitrogen and oxygen atoms in total. The Bertz CT molecular complexity index is 336. The first-order chi connectivity index (χ1) is 8.75. The fourth-order valence-corrected chi connectivity index (χ4v) is 2.69. The van der Waals surface area contributed by atoms with E-state index in [1.54, 1.807) is 0 Å². The second kappa shape index (κ2) is 6.91. The molecule has 1 fully saturated rings. The molecule has 2 rings (SSSR count). The van der Waals surface area contributed by atoms with Crippen molar-refractivity contribution >= 4 is 0 Å². The minimum atomic E-state index is 0.328. The van der Waals surface area contributed by atoms with Gasteiger partial charge in [-0.25, -0.2) is 0 Å². The summed E-state index contributed by atoms with van der Waals surface area (Å²) in [7, 11) is 0. The highest BCUT2D eigenvalue weighted by Gasteiger charge is 2.25. The molecule has 1 saturated carbocycles. The summed E-state index contributed by atoms with van der Waals surface area (Å²) in [5.41, 5.74) is 1.35. The number of rotatable bonds is 5. The lowest BCUT2D eigenvalue weighted by Crippen LogP contribution is -2.44. The van der Waals surface area contributed by atoms with Crippen LogP contribution < -0.4 is 5.32 Å². The minimum Gasteiger partial charge on any atom is -0.374 e. The molecule has 0 amide bonds. The number of hydrogen-bond acceptors (Lipinski definition) is 2. The van der Waals surface area contributed by atoms with Gasteiger partial charge in [-0.2, -0.15) is 0 Å². The van der Waals surface area contributed by atoms with Gasteiger partial charge >= 0.3 is 0 Å². The first kappa shape index (κ1) is 13.6. The van der Waals surface area contributed by atoms with E-state index in [4.69, 9.17) is 4.74 Å². The van der Waals surface area contributed by atoms with E-state index in [0.29, 0.717) is 18.2 Å². The van der Waals surface area contributed by atoms with Crippen molar-refractivity contribution in [2.45, 2.75) is 64.3 Å². The summed E-state index contributed by atoms with van der Waals surface area (Å²) in [6.07, 6.45) is 5.79. The Morgan fingerprint density at radius 2 is 1.89 bits per heavy atom. The maximum absolute atomic E-state index is 6.03. The third-order valence-corrected chi connectivity index (χ3v) is 3.56. The van der Waals surface area contributed by atoms with E-state index in [9.17, 15) is 0 Å². The number of benzene rings is 1. The van der Waals surface area contributed by atoms with E-state index >= 15 is 0 Å². The summed E-state index contributed by atoms with van der Waals surface area (Å²) in [5, 5.41) is 3.67. The first-order valence-corrected chi connectivity index (χ1v) is 7.18. The average molecular weight is 247 g/mol. The summed E-state index contributed by atoms with van der Waals surface area (Å²) in [6.45, 7) is 5.20. The monoisotopic (exact) mass is 247 g/mol. The van der Waals surface area contributed by atoms with Crippen LogP contribution in [0.3, 0.4) is 0 Å². The van der Waals surface area contributed by atoms with Crippen molar-refractivity contribution in [2.75, 3.05) is 0 Å². The molecule has 1 N–H and O–H groups in total. The summed E-state index contributed by atoms with van der Waals surface area (Å²) in [6, 6.07) is 11.1. The molecule has 18 heavy (non-hydrogen) atoms. The van der Waals surface area contributed by atoms with Gasteiger partial charge in [0.1, 0.15) is 0 Å². The Labute approximate surface area is 111 Å². The van der Waals surface area contributed by atoms with Gasteiger partial charge in [0.2, 0.25) is 0 Å². The van der Waals surface area contributed by atoms with Gasteiger partial charge in [-0.05, 0) is 32.3 Å². The number of ether oxygens (including phenoxy) is 1. The quantitative estimate of drug-likeness (QED) is 0.859. The largest absolute Gasteiger partial charge is 0.374 e. The van der Waals surface area contributed by atoms with Crippen LogP contribution in [0, 0.1) is 0 Å². The van der Waals surface area contributed by atoms with Gasteiger partial charge in [0, 0.05) is 12.6 Å². The van der Waals surface area contributed by atoms with E-state index in [-0.39, 0.29) is 0 Å². The molecule has 0 radical (unpaired) electrons. The van der Waals surface area contributed by atoms with Crippen molar-refractivity contribution in [3.05, 3.63) is 35.9 Å². The Balaban J connectivity index is 1.85. The van der Waals surface area contributed by atoms with Crippen LogP contribution in [0.5, 0.6) is 0 Å². The molecule has 0 unspecified atom stereocenters. The van der Waals surface area contributed by atoms with Crippen molar-refractivity contribution in [1.82, 2.24) is 5.32 Å². The highest BCUT2D eigenvalue weighted by atomic mass is 16.5.